The van der Waals surface area contributed by atoms with Crippen LogP contribution in [0.25, 0.3) is 0 Å². The highest BCUT2D eigenvalue weighted by atomic mass is 16.5. The van der Waals surface area contributed by atoms with E-state index in [-0.39, 0.29) is 24.8 Å². The summed E-state index contributed by atoms with van der Waals surface area (Å²) in [5.41, 5.74) is 0. The lowest BCUT2D eigenvalue weighted by Crippen LogP contribution is -2.11. The Balaban J connectivity index is 3.24. The van der Waals surface area contributed by atoms with Crippen molar-refractivity contribution < 1.29 is 19.1 Å². The maximum absolute atomic E-state index is 11.6. The van der Waals surface area contributed by atoms with Crippen molar-refractivity contribution >= 4 is 11.9 Å². The second-order valence-corrected chi connectivity index (χ2v) is 7.97. The Morgan fingerprint density at radius 1 is 0.621 bits per heavy atom. The number of hydrogen-bond acceptors (Lipinski definition) is 4. The van der Waals surface area contributed by atoms with Crippen LogP contribution < -0.4 is 0 Å². The fourth-order valence-corrected chi connectivity index (χ4v) is 3.24. The molecule has 0 saturated carbocycles. The van der Waals surface area contributed by atoms with E-state index in [0.29, 0.717) is 13.2 Å². The molecule has 0 heterocycles. The van der Waals surface area contributed by atoms with E-state index in [9.17, 15) is 9.59 Å². The monoisotopic (exact) mass is 410 g/mol. The second-order valence-electron chi connectivity index (χ2n) is 7.97. The number of carbonyl (C=O) groups excluding carboxylic acids is 2. The summed E-state index contributed by atoms with van der Waals surface area (Å²) in [5, 5.41) is 0. The van der Waals surface area contributed by atoms with Crippen LogP contribution in [0.1, 0.15) is 122 Å². The molecule has 0 aromatic heterocycles. The lowest BCUT2D eigenvalue weighted by molar-refractivity contribution is -0.150. The average Bonchev–Trinajstić information content (AvgIpc) is 2.72. The minimum atomic E-state index is -0.331. The molecule has 0 atom stereocenters. The van der Waals surface area contributed by atoms with Gasteiger partial charge < -0.3 is 9.47 Å². The van der Waals surface area contributed by atoms with Crippen molar-refractivity contribution in [1.82, 2.24) is 0 Å². The van der Waals surface area contributed by atoms with Crippen LogP contribution in [0, 0.1) is 0 Å². The normalized spacial score (nSPS) is 10.7. The third-order valence-corrected chi connectivity index (χ3v) is 5.11. The smallest absolute Gasteiger partial charge is 0.306 e. The van der Waals surface area contributed by atoms with Crippen LogP contribution >= 0.6 is 0 Å². The molecule has 0 rings (SSSR count). The lowest BCUT2D eigenvalue weighted by Gasteiger charge is -2.06. The second kappa shape index (κ2) is 23.0. The predicted octanol–water partition coefficient (Wildman–Crippen LogP) is 7.30. The summed E-state index contributed by atoms with van der Waals surface area (Å²) in [4.78, 5) is 23.1. The van der Waals surface area contributed by atoms with Crippen LogP contribution in [-0.2, 0) is 19.1 Å². The van der Waals surface area contributed by atoms with E-state index in [1.54, 1.807) is 6.08 Å². The Bertz CT molecular complexity index is 392. The Hall–Kier alpha value is -1.32. The van der Waals surface area contributed by atoms with Gasteiger partial charge in [0, 0.05) is 0 Å². The summed E-state index contributed by atoms with van der Waals surface area (Å²) in [6, 6.07) is 0. The summed E-state index contributed by atoms with van der Waals surface area (Å²) >= 11 is 0. The zero-order valence-electron chi connectivity index (χ0n) is 19.1. The fourth-order valence-electron chi connectivity index (χ4n) is 3.24. The van der Waals surface area contributed by atoms with Gasteiger partial charge in [-0.1, -0.05) is 96.5 Å². The molecule has 4 nitrogen and oxygen atoms in total. The molecule has 29 heavy (non-hydrogen) atoms. The Labute approximate surface area is 179 Å². The van der Waals surface area contributed by atoms with Crippen LogP contribution in [0.5, 0.6) is 0 Å². The molecule has 0 amide bonds. The van der Waals surface area contributed by atoms with Crippen LogP contribution in [0.4, 0.5) is 0 Å². The van der Waals surface area contributed by atoms with Gasteiger partial charge in [0.15, 0.2) is 0 Å². The molecule has 0 bridgehead atoms. The first-order valence-corrected chi connectivity index (χ1v) is 12.1. The van der Waals surface area contributed by atoms with E-state index in [2.05, 4.69) is 13.5 Å². The van der Waals surface area contributed by atoms with Crippen molar-refractivity contribution in [3.05, 3.63) is 12.7 Å². The highest BCUT2D eigenvalue weighted by Gasteiger charge is 2.08. The van der Waals surface area contributed by atoms with Gasteiger partial charge in [-0.2, -0.15) is 0 Å². The molecule has 0 radical (unpaired) electrons. The summed E-state index contributed by atoms with van der Waals surface area (Å²) in [6.07, 6.45) is 21.9. The first kappa shape index (κ1) is 27.7. The van der Waals surface area contributed by atoms with E-state index in [1.807, 2.05) is 0 Å². The fraction of sp³-hybridized carbons (Fsp3) is 0.840. The SMILES string of the molecule is C=CCCCOC(=O)CCC(=O)OCCCCCCCCCCCCCCCC. The minimum absolute atomic E-state index is 0.103. The van der Waals surface area contributed by atoms with Crippen molar-refractivity contribution in [1.29, 1.82) is 0 Å². The molecule has 0 spiro atoms. The maximum Gasteiger partial charge on any atom is 0.306 e. The number of allylic oxidation sites excluding steroid dienone is 1. The topological polar surface area (TPSA) is 52.6 Å². The summed E-state index contributed by atoms with van der Waals surface area (Å²) < 4.78 is 10.2. The maximum atomic E-state index is 11.6. The number of ether oxygens (including phenoxy) is 2. The molecule has 0 aromatic rings. The van der Waals surface area contributed by atoms with Crippen molar-refractivity contribution in [3.63, 3.8) is 0 Å². The van der Waals surface area contributed by atoms with Crippen molar-refractivity contribution in [3.8, 4) is 0 Å². The highest BCUT2D eigenvalue weighted by molar-refractivity contribution is 5.77. The summed E-state index contributed by atoms with van der Waals surface area (Å²) in [7, 11) is 0. The van der Waals surface area contributed by atoms with Gasteiger partial charge >= 0.3 is 11.9 Å². The van der Waals surface area contributed by atoms with Crippen molar-refractivity contribution in [2.45, 2.75) is 122 Å². The standard InChI is InChI=1S/C25H46O4/c1-3-5-7-8-9-10-11-12-13-14-15-16-17-19-23-29-25(27)21-20-24(26)28-22-18-6-4-2/h4H,2-3,5-23H2,1H3. The van der Waals surface area contributed by atoms with Gasteiger partial charge in [0.1, 0.15) is 0 Å². The summed E-state index contributed by atoms with van der Waals surface area (Å²) in [6.45, 7) is 6.73. The van der Waals surface area contributed by atoms with Gasteiger partial charge in [0.05, 0.1) is 26.1 Å². The van der Waals surface area contributed by atoms with Gasteiger partial charge in [0.2, 0.25) is 0 Å². The largest absolute Gasteiger partial charge is 0.466 e. The number of unbranched alkanes of at least 4 members (excludes halogenated alkanes) is 14. The molecular weight excluding hydrogens is 364 g/mol. The molecule has 0 unspecified atom stereocenters. The zero-order valence-corrected chi connectivity index (χ0v) is 19.1. The molecule has 0 aliphatic heterocycles. The first-order chi connectivity index (χ1) is 14.2. The first-order valence-electron chi connectivity index (χ1n) is 12.1. The minimum Gasteiger partial charge on any atom is -0.466 e. The van der Waals surface area contributed by atoms with Crippen molar-refractivity contribution in [2.75, 3.05) is 13.2 Å². The Kier molecular flexibility index (Phi) is 21.9. The third-order valence-electron chi connectivity index (χ3n) is 5.11. The molecule has 170 valence electrons. The van der Waals surface area contributed by atoms with Crippen LogP contribution in [0.2, 0.25) is 0 Å². The molecule has 4 heteroatoms. The van der Waals surface area contributed by atoms with Gasteiger partial charge in [-0.3, -0.25) is 9.59 Å². The summed E-state index contributed by atoms with van der Waals surface area (Å²) in [5.74, 6) is -0.634. The van der Waals surface area contributed by atoms with E-state index >= 15 is 0 Å². The van der Waals surface area contributed by atoms with Gasteiger partial charge in [-0.25, -0.2) is 0 Å². The van der Waals surface area contributed by atoms with Crippen LogP contribution in [0.3, 0.4) is 0 Å². The van der Waals surface area contributed by atoms with Crippen molar-refractivity contribution in [2.24, 2.45) is 0 Å². The lowest BCUT2D eigenvalue weighted by atomic mass is 10.0. The van der Waals surface area contributed by atoms with E-state index in [0.717, 1.165) is 25.7 Å². The van der Waals surface area contributed by atoms with Gasteiger partial charge in [-0.05, 0) is 19.3 Å². The average molecular weight is 411 g/mol. The molecule has 0 saturated heterocycles. The highest BCUT2D eigenvalue weighted by Crippen LogP contribution is 2.13. The molecular formula is C25H46O4. The van der Waals surface area contributed by atoms with E-state index < -0.39 is 0 Å². The van der Waals surface area contributed by atoms with Gasteiger partial charge in [0.25, 0.3) is 0 Å². The molecule has 0 fully saturated rings. The molecule has 0 aliphatic rings. The third kappa shape index (κ3) is 22.8. The predicted molar refractivity (Wildman–Crippen MR) is 121 cm³/mol. The molecule has 0 aromatic carbocycles. The Morgan fingerprint density at radius 3 is 1.41 bits per heavy atom. The number of rotatable bonds is 22. The Morgan fingerprint density at radius 2 is 1.00 bits per heavy atom. The number of esters is 2. The quantitative estimate of drug-likeness (QED) is 0.107. The van der Waals surface area contributed by atoms with E-state index in [4.69, 9.17) is 9.47 Å². The molecule has 0 aliphatic carbocycles. The number of hydrogen-bond donors (Lipinski definition) is 0. The van der Waals surface area contributed by atoms with E-state index in [1.165, 1.54) is 77.0 Å². The van der Waals surface area contributed by atoms with Crippen LogP contribution in [0.15, 0.2) is 12.7 Å². The van der Waals surface area contributed by atoms with Gasteiger partial charge in [-0.15, -0.1) is 6.58 Å². The number of carbonyl (C=O) groups is 2. The zero-order chi connectivity index (χ0) is 21.4. The van der Waals surface area contributed by atoms with Crippen LogP contribution in [-0.4, -0.2) is 25.2 Å². The molecule has 0 N–H and O–H groups in total.